The maximum atomic E-state index is 2.75. The van der Waals surface area contributed by atoms with E-state index in [4.69, 9.17) is 0 Å². The molecule has 1 saturated heterocycles. The van der Waals surface area contributed by atoms with Gasteiger partial charge in [0.1, 0.15) is 0 Å². The van der Waals surface area contributed by atoms with E-state index in [2.05, 4.69) is 11.8 Å². The van der Waals surface area contributed by atoms with E-state index < -0.39 is 0 Å². The number of hydrogen-bond acceptors (Lipinski definition) is 1. The molecule has 1 aliphatic heterocycles. The van der Waals surface area contributed by atoms with Crippen molar-refractivity contribution in [3.63, 3.8) is 0 Å². The Labute approximate surface area is 76.1 Å². The zero-order valence-corrected chi connectivity index (χ0v) is 8.26. The summed E-state index contributed by atoms with van der Waals surface area (Å²) in [6, 6.07) is 0.970. The molecule has 0 spiro atoms. The third-order valence-corrected chi connectivity index (χ3v) is 3.75. The first-order valence-corrected chi connectivity index (χ1v) is 5.66. The van der Waals surface area contributed by atoms with Gasteiger partial charge < -0.3 is 4.90 Å². The largest absolute Gasteiger partial charge is 0.300 e. The van der Waals surface area contributed by atoms with Crippen LogP contribution in [0.5, 0.6) is 0 Å². The Morgan fingerprint density at radius 3 is 2.50 bits per heavy atom. The SMILES string of the molecule is CCC1CCCC1N1CCCC1. The van der Waals surface area contributed by atoms with E-state index in [1.54, 1.807) is 0 Å². The minimum Gasteiger partial charge on any atom is -0.300 e. The number of likely N-dealkylation sites (tertiary alicyclic amines) is 1. The minimum atomic E-state index is 0.970. The molecule has 70 valence electrons. The molecule has 1 aliphatic carbocycles. The van der Waals surface area contributed by atoms with E-state index in [-0.39, 0.29) is 0 Å². The van der Waals surface area contributed by atoms with Crippen molar-refractivity contribution in [1.29, 1.82) is 0 Å². The van der Waals surface area contributed by atoms with E-state index in [0.717, 1.165) is 12.0 Å². The second-order valence-electron chi connectivity index (χ2n) is 4.41. The first-order chi connectivity index (χ1) is 5.92. The molecule has 1 nitrogen and oxygen atoms in total. The van der Waals surface area contributed by atoms with Gasteiger partial charge in [0, 0.05) is 6.04 Å². The van der Waals surface area contributed by atoms with Gasteiger partial charge in [0.05, 0.1) is 0 Å². The Hall–Kier alpha value is -0.0400. The smallest absolute Gasteiger partial charge is 0.0123 e. The fourth-order valence-corrected chi connectivity index (χ4v) is 3.05. The molecule has 0 amide bonds. The number of nitrogens with zero attached hydrogens (tertiary/aromatic N) is 1. The predicted octanol–water partition coefficient (Wildman–Crippen LogP) is 2.66. The molecule has 1 heteroatoms. The van der Waals surface area contributed by atoms with Gasteiger partial charge in [-0.15, -0.1) is 0 Å². The van der Waals surface area contributed by atoms with E-state index in [0.29, 0.717) is 0 Å². The fourth-order valence-electron chi connectivity index (χ4n) is 3.05. The van der Waals surface area contributed by atoms with Crippen LogP contribution in [0.1, 0.15) is 45.4 Å². The summed E-state index contributed by atoms with van der Waals surface area (Å²) < 4.78 is 0. The lowest BCUT2D eigenvalue weighted by molar-refractivity contribution is 0.194. The third kappa shape index (κ3) is 1.52. The molecule has 0 bridgehead atoms. The summed E-state index contributed by atoms with van der Waals surface area (Å²) in [7, 11) is 0. The van der Waals surface area contributed by atoms with Gasteiger partial charge in [-0.1, -0.05) is 19.8 Å². The Balaban J connectivity index is 1.92. The van der Waals surface area contributed by atoms with Crippen molar-refractivity contribution in [2.75, 3.05) is 13.1 Å². The molecule has 12 heavy (non-hydrogen) atoms. The predicted molar refractivity (Wildman–Crippen MR) is 52.2 cm³/mol. The highest BCUT2D eigenvalue weighted by Crippen LogP contribution is 2.33. The molecular weight excluding hydrogens is 146 g/mol. The van der Waals surface area contributed by atoms with Crippen molar-refractivity contribution in [2.24, 2.45) is 5.92 Å². The van der Waals surface area contributed by atoms with Crippen molar-refractivity contribution >= 4 is 0 Å². The van der Waals surface area contributed by atoms with Crippen LogP contribution in [-0.4, -0.2) is 24.0 Å². The van der Waals surface area contributed by atoms with E-state index >= 15 is 0 Å². The number of rotatable bonds is 2. The summed E-state index contributed by atoms with van der Waals surface area (Å²) in [5.41, 5.74) is 0. The lowest BCUT2D eigenvalue weighted by Crippen LogP contribution is -2.35. The molecule has 2 unspecified atom stereocenters. The minimum absolute atomic E-state index is 0.970. The van der Waals surface area contributed by atoms with Crippen LogP contribution < -0.4 is 0 Å². The Kier molecular flexibility index (Phi) is 2.69. The maximum absolute atomic E-state index is 2.75. The monoisotopic (exact) mass is 167 g/mol. The molecule has 1 heterocycles. The van der Waals surface area contributed by atoms with Crippen molar-refractivity contribution < 1.29 is 0 Å². The number of hydrogen-bond donors (Lipinski definition) is 0. The van der Waals surface area contributed by atoms with Crippen LogP contribution in [0.2, 0.25) is 0 Å². The summed E-state index contributed by atoms with van der Waals surface area (Å²) >= 11 is 0. The molecule has 0 aromatic rings. The lowest BCUT2D eigenvalue weighted by atomic mass is 10.00. The van der Waals surface area contributed by atoms with Gasteiger partial charge in [0.2, 0.25) is 0 Å². The highest BCUT2D eigenvalue weighted by molar-refractivity contribution is 4.86. The molecule has 0 N–H and O–H groups in total. The van der Waals surface area contributed by atoms with E-state index in [9.17, 15) is 0 Å². The molecular formula is C11H21N. The topological polar surface area (TPSA) is 3.24 Å². The first kappa shape index (κ1) is 8.55. The maximum Gasteiger partial charge on any atom is 0.0123 e. The average Bonchev–Trinajstić information content (AvgIpc) is 2.74. The normalized spacial score (nSPS) is 37.8. The Bertz CT molecular complexity index is 138. The fraction of sp³-hybridized carbons (Fsp3) is 1.00. The zero-order chi connectivity index (χ0) is 8.39. The van der Waals surface area contributed by atoms with Crippen LogP contribution in [0.3, 0.4) is 0 Å². The molecule has 1 saturated carbocycles. The summed E-state index contributed by atoms with van der Waals surface area (Å²) in [4.78, 5) is 2.75. The molecule has 0 aromatic carbocycles. The molecule has 2 rings (SSSR count). The zero-order valence-electron chi connectivity index (χ0n) is 8.26. The standard InChI is InChI=1S/C11H21N/c1-2-10-6-5-7-11(10)12-8-3-4-9-12/h10-11H,2-9H2,1H3. The molecule has 2 aliphatic rings. The highest BCUT2D eigenvalue weighted by Gasteiger charge is 2.31. The average molecular weight is 167 g/mol. The van der Waals surface area contributed by atoms with E-state index in [1.165, 1.54) is 51.6 Å². The van der Waals surface area contributed by atoms with Crippen LogP contribution in [0, 0.1) is 5.92 Å². The van der Waals surface area contributed by atoms with Gasteiger partial charge in [-0.2, -0.15) is 0 Å². The van der Waals surface area contributed by atoms with Gasteiger partial charge in [0.15, 0.2) is 0 Å². The van der Waals surface area contributed by atoms with Gasteiger partial charge in [-0.05, 0) is 44.7 Å². The van der Waals surface area contributed by atoms with Crippen molar-refractivity contribution in [3.8, 4) is 0 Å². The van der Waals surface area contributed by atoms with Crippen molar-refractivity contribution in [1.82, 2.24) is 4.90 Å². The quantitative estimate of drug-likeness (QED) is 0.611. The van der Waals surface area contributed by atoms with Crippen LogP contribution in [0.15, 0.2) is 0 Å². The lowest BCUT2D eigenvalue weighted by Gasteiger charge is -2.28. The molecule has 2 fully saturated rings. The molecule has 0 aromatic heterocycles. The molecule has 2 atom stereocenters. The van der Waals surface area contributed by atoms with Crippen LogP contribution >= 0.6 is 0 Å². The summed E-state index contributed by atoms with van der Waals surface area (Å²) in [5, 5.41) is 0. The summed E-state index contributed by atoms with van der Waals surface area (Å²) in [5.74, 6) is 1.03. The van der Waals surface area contributed by atoms with Crippen molar-refractivity contribution in [2.45, 2.75) is 51.5 Å². The van der Waals surface area contributed by atoms with Crippen molar-refractivity contribution in [3.05, 3.63) is 0 Å². The van der Waals surface area contributed by atoms with Gasteiger partial charge >= 0.3 is 0 Å². The second-order valence-corrected chi connectivity index (χ2v) is 4.41. The van der Waals surface area contributed by atoms with Crippen LogP contribution in [-0.2, 0) is 0 Å². The first-order valence-electron chi connectivity index (χ1n) is 5.66. The second kappa shape index (κ2) is 3.78. The van der Waals surface area contributed by atoms with E-state index in [1.807, 2.05) is 0 Å². The van der Waals surface area contributed by atoms with Gasteiger partial charge in [0.25, 0.3) is 0 Å². The van der Waals surface area contributed by atoms with Crippen LogP contribution in [0.25, 0.3) is 0 Å². The Morgan fingerprint density at radius 2 is 1.83 bits per heavy atom. The molecule has 0 radical (unpaired) electrons. The van der Waals surface area contributed by atoms with Crippen LogP contribution in [0.4, 0.5) is 0 Å². The highest BCUT2D eigenvalue weighted by atomic mass is 15.2. The van der Waals surface area contributed by atoms with Gasteiger partial charge in [-0.3, -0.25) is 0 Å². The Morgan fingerprint density at radius 1 is 1.08 bits per heavy atom. The summed E-state index contributed by atoms with van der Waals surface area (Å²) in [6.07, 6.45) is 8.77. The van der Waals surface area contributed by atoms with Gasteiger partial charge in [-0.25, -0.2) is 0 Å². The third-order valence-electron chi connectivity index (χ3n) is 3.75. The summed E-state index contributed by atoms with van der Waals surface area (Å²) in [6.45, 7) is 5.14.